The normalized spacial score (nSPS) is 32.7. The van der Waals surface area contributed by atoms with E-state index in [1.807, 2.05) is 0 Å². The van der Waals surface area contributed by atoms with Gasteiger partial charge in [-0.3, -0.25) is 9.59 Å². The van der Waals surface area contributed by atoms with Crippen LogP contribution in [0.2, 0.25) is 0 Å². The Morgan fingerprint density at radius 2 is 1.75 bits per heavy atom. The Morgan fingerprint density at radius 1 is 1.15 bits per heavy atom. The largest absolute Gasteiger partial charge is 0.460 e. The van der Waals surface area contributed by atoms with Gasteiger partial charge in [-0.1, -0.05) is 30.3 Å². The van der Waals surface area contributed by atoms with Gasteiger partial charge in [-0.2, -0.15) is 0 Å². The van der Waals surface area contributed by atoms with Crippen molar-refractivity contribution in [3.8, 4) is 0 Å². The molecule has 0 unspecified atom stereocenters. The van der Waals surface area contributed by atoms with Crippen molar-refractivity contribution >= 4 is 11.9 Å². The summed E-state index contributed by atoms with van der Waals surface area (Å²) in [7, 11) is 0. The van der Waals surface area contributed by atoms with E-state index in [2.05, 4.69) is 0 Å². The molecule has 2 N–H and O–H groups in total. The average Bonchev–Trinajstić information content (AvgIpc) is 2.35. The maximum absolute atomic E-state index is 13.9. The summed E-state index contributed by atoms with van der Waals surface area (Å²) in [5, 5.41) is 0. The zero-order valence-corrected chi connectivity index (χ0v) is 10.6. The number of primary amides is 1. The quantitative estimate of drug-likeness (QED) is 0.853. The summed E-state index contributed by atoms with van der Waals surface area (Å²) in [6, 6.07) is 8.80. The molecule has 0 heterocycles. The van der Waals surface area contributed by atoms with Gasteiger partial charge in [-0.15, -0.1) is 0 Å². The molecular formula is C14H13F2NO3. The summed E-state index contributed by atoms with van der Waals surface area (Å²) < 4.78 is 32.8. The SMILES string of the molecule is NC(=O)C12CC(C(=O)OCc3ccccc3)(C1)C2(F)F. The van der Waals surface area contributed by atoms with Gasteiger partial charge in [0, 0.05) is 0 Å². The maximum atomic E-state index is 13.9. The summed E-state index contributed by atoms with van der Waals surface area (Å²) in [5.74, 6) is -5.38. The molecule has 4 rings (SSSR count). The predicted octanol–water partition coefficient (Wildman–Crippen LogP) is 1.63. The van der Waals surface area contributed by atoms with Crippen LogP contribution in [-0.4, -0.2) is 17.8 Å². The van der Waals surface area contributed by atoms with Crippen LogP contribution in [0.4, 0.5) is 8.78 Å². The Balaban J connectivity index is 1.67. The first kappa shape index (κ1) is 13.0. The highest BCUT2D eigenvalue weighted by Gasteiger charge is 2.94. The number of esters is 1. The summed E-state index contributed by atoms with van der Waals surface area (Å²) in [6.07, 6.45) is -0.425. The van der Waals surface area contributed by atoms with Crippen molar-refractivity contribution < 1.29 is 23.1 Å². The lowest BCUT2D eigenvalue weighted by atomic mass is 9.32. The molecule has 0 atom stereocenters. The molecule has 2 bridgehead atoms. The molecule has 20 heavy (non-hydrogen) atoms. The van der Waals surface area contributed by atoms with Crippen molar-refractivity contribution in [2.45, 2.75) is 25.4 Å². The van der Waals surface area contributed by atoms with E-state index in [0.29, 0.717) is 0 Å². The van der Waals surface area contributed by atoms with Crippen molar-refractivity contribution in [3.05, 3.63) is 35.9 Å². The van der Waals surface area contributed by atoms with Crippen LogP contribution in [0.1, 0.15) is 18.4 Å². The van der Waals surface area contributed by atoms with Crippen LogP contribution < -0.4 is 5.73 Å². The summed E-state index contributed by atoms with van der Waals surface area (Å²) in [4.78, 5) is 23.0. The number of alkyl halides is 2. The minimum atomic E-state index is -3.39. The maximum Gasteiger partial charge on any atom is 0.318 e. The molecule has 6 heteroatoms. The molecule has 1 aromatic rings. The number of rotatable bonds is 4. The molecule has 0 radical (unpaired) electrons. The van der Waals surface area contributed by atoms with Gasteiger partial charge in [-0.25, -0.2) is 8.78 Å². The fourth-order valence-corrected chi connectivity index (χ4v) is 3.13. The summed E-state index contributed by atoms with van der Waals surface area (Å²) in [6.45, 7) is -0.0545. The van der Waals surface area contributed by atoms with Gasteiger partial charge in [0.05, 0.1) is 0 Å². The molecule has 0 aromatic heterocycles. The highest BCUT2D eigenvalue weighted by Crippen LogP contribution is 2.81. The Bertz CT molecular complexity index is 579. The Morgan fingerprint density at radius 3 is 2.25 bits per heavy atom. The standard InChI is InChI=1S/C14H13F2NO3/c15-14(16)12(10(17)18)7-13(14,8-12)11(19)20-6-9-4-2-1-3-5-9/h1-5H,6-8H2,(H2,17,18). The van der Waals surface area contributed by atoms with E-state index in [1.54, 1.807) is 30.3 Å². The van der Waals surface area contributed by atoms with E-state index in [1.165, 1.54) is 0 Å². The zero-order valence-electron chi connectivity index (χ0n) is 10.6. The number of hydrogen-bond donors (Lipinski definition) is 1. The number of benzene rings is 1. The van der Waals surface area contributed by atoms with E-state index in [9.17, 15) is 18.4 Å². The van der Waals surface area contributed by atoms with E-state index < -0.39 is 28.6 Å². The van der Waals surface area contributed by atoms with Crippen molar-refractivity contribution in [3.63, 3.8) is 0 Å². The van der Waals surface area contributed by atoms with Crippen LogP contribution in [-0.2, 0) is 20.9 Å². The van der Waals surface area contributed by atoms with E-state index in [4.69, 9.17) is 10.5 Å². The van der Waals surface area contributed by atoms with Crippen LogP contribution in [0, 0.1) is 10.8 Å². The second-order valence-electron chi connectivity index (χ2n) is 5.52. The Kier molecular flexibility index (Phi) is 2.46. The number of hydrogen-bond acceptors (Lipinski definition) is 3. The molecule has 3 aliphatic rings. The van der Waals surface area contributed by atoms with Crippen LogP contribution in [0.3, 0.4) is 0 Å². The number of amides is 1. The van der Waals surface area contributed by atoms with Crippen molar-refractivity contribution in [1.82, 2.24) is 0 Å². The zero-order chi connectivity index (χ0) is 14.6. The molecule has 1 aromatic carbocycles. The first-order chi connectivity index (χ1) is 9.36. The van der Waals surface area contributed by atoms with Crippen molar-refractivity contribution in [1.29, 1.82) is 0 Å². The van der Waals surface area contributed by atoms with Crippen LogP contribution in [0.15, 0.2) is 30.3 Å². The van der Waals surface area contributed by atoms with E-state index in [-0.39, 0.29) is 19.4 Å². The van der Waals surface area contributed by atoms with E-state index in [0.717, 1.165) is 5.56 Å². The smallest absolute Gasteiger partial charge is 0.318 e. The van der Waals surface area contributed by atoms with Gasteiger partial charge >= 0.3 is 5.97 Å². The van der Waals surface area contributed by atoms with Gasteiger partial charge in [0.2, 0.25) is 5.91 Å². The first-order valence-electron chi connectivity index (χ1n) is 6.25. The third-order valence-electron chi connectivity index (χ3n) is 4.48. The first-order valence-corrected chi connectivity index (χ1v) is 6.25. The number of halogens is 2. The van der Waals surface area contributed by atoms with Gasteiger partial charge in [-0.05, 0) is 18.4 Å². The van der Waals surface area contributed by atoms with E-state index >= 15 is 0 Å². The fourth-order valence-electron chi connectivity index (χ4n) is 3.13. The number of ether oxygens (including phenoxy) is 1. The molecule has 0 aliphatic heterocycles. The lowest BCUT2D eigenvalue weighted by Gasteiger charge is -2.71. The lowest BCUT2D eigenvalue weighted by Crippen LogP contribution is -2.85. The minimum absolute atomic E-state index is 0.0545. The molecule has 106 valence electrons. The van der Waals surface area contributed by atoms with Gasteiger partial charge in [0.15, 0.2) is 0 Å². The van der Waals surface area contributed by atoms with Gasteiger partial charge < -0.3 is 10.5 Å². The van der Waals surface area contributed by atoms with Gasteiger partial charge in [0.1, 0.15) is 17.4 Å². The monoisotopic (exact) mass is 281 g/mol. The Hall–Kier alpha value is -1.98. The summed E-state index contributed by atoms with van der Waals surface area (Å²) in [5.41, 5.74) is 2.04. The highest BCUT2D eigenvalue weighted by molar-refractivity contribution is 5.95. The molecule has 3 fully saturated rings. The second-order valence-corrected chi connectivity index (χ2v) is 5.52. The predicted molar refractivity (Wildman–Crippen MR) is 64.5 cm³/mol. The molecule has 3 aliphatic carbocycles. The van der Waals surface area contributed by atoms with Crippen LogP contribution in [0.25, 0.3) is 0 Å². The second kappa shape index (κ2) is 3.77. The fraction of sp³-hybridized carbons (Fsp3) is 0.429. The molecule has 0 saturated heterocycles. The van der Waals surface area contributed by atoms with Crippen LogP contribution in [0.5, 0.6) is 0 Å². The molecule has 4 nitrogen and oxygen atoms in total. The average molecular weight is 281 g/mol. The van der Waals surface area contributed by atoms with Crippen LogP contribution >= 0.6 is 0 Å². The minimum Gasteiger partial charge on any atom is -0.460 e. The lowest BCUT2D eigenvalue weighted by molar-refractivity contribution is -0.378. The topological polar surface area (TPSA) is 69.4 Å². The number of nitrogens with two attached hydrogens (primary N) is 1. The Labute approximate surface area is 113 Å². The third-order valence-corrected chi connectivity index (χ3v) is 4.48. The third kappa shape index (κ3) is 1.29. The highest BCUT2D eigenvalue weighted by atomic mass is 19.3. The number of carbonyl (C=O) groups is 2. The molecular weight excluding hydrogens is 268 g/mol. The van der Waals surface area contributed by atoms with Crippen molar-refractivity contribution in [2.24, 2.45) is 16.6 Å². The molecule has 0 spiro atoms. The number of carbonyl (C=O) groups excluding carboxylic acids is 2. The van der Waals surface area contributed by atoms with Crippen molar-refractivity contribution in [2.75, 3.05) is 0 Å². The summed E-state index contributed by atoms with van der Waals surface area (Å²) >= 11 is 0. The molecule has 3 saturated carbocycles. The van der Waals surface area contributed by atoms with Gasteiger partial charge in [0.25, 0.3) is 5.92 Å². The molecule has 1 amide bonds.